The molecule has 0 aromatic carbocycles. The van der Waals surface area contributed by atoms with Crippen molar-refractivity contribution in [2.24, 2.45) is 0 Å². The molecule has 0 aromatic rings. The van der Waals surface area contributed by atoms with Gasteiger partial charge in [0, 0.05) is 6.42 Å². The molecule has 0 bridgehead atoms. The molecule has 0 aromatic heterocycles. The zero-order valence-electron chi connectivity index (χ0n) is 34.9. The van der Waals surface area contributed by atoms with E-state index < -0.39 is 12.1 Å². The fourth-order valence-electron chi connectivity index (χ4n) is 7.42. The van der Waals surface area contributed by atoms with Crippen molar-refractivity contribution in [2.75, 3.05) is 6.61 Å². The predicted molar refractivity (Wildman–Crippen MR) is 226 cm³/mol. The van der Waals surface area contributed by atoms with Gasteiger partial charge in [0.25, 0.3) is 0 Å². The Hall–Kier alpha value is -0.870. The molecule has 0 saturated carbocycles. The van der Waals surface area contributed by atoms with E-state index in [0.29, 0.717) is 6.42 Å². The van der Waals surface area contributed by atoms with E-state index in [-0.39, 0.29) is 12.5 Å². The first kappa shape index (κ1) is 50.1. The van der Waals surface area contributed by atoms with Crippen LogP contribution in [-0.2, 0) is 4.79 Å². The van der Waals surface area contributed by atoms with E-state index in [2.05, 4.69) is 19.2 Å². The number of allylic oxidation sites excluding steroid dienone is 1. The fraction of sp³-hybridized carbons (Fsp3) is 0.936. The van der Waals surface area contributed by atoms with Gasteiger partial charge in [-0.3, -0.25) is 4.79 Å². The second-order valence-corrected chi connectivity index (χ2v) is 16.2. The van der Waals surface area contributed by atoms with Crippen LogP contribution in [0.4, 0.5) is 0 Å². The van der Waals surface area contributed by atoms with Crippen LogP contribution < -0.4 is 5.32 Å². The molecule has 2 atom stereocenters. The smallest absolute Gasteiger partial charge is 0.220 e. The average Bonchev–Trinajstić information content (AvgIpc) is 3.13. The van der Waals surface area contributed by atoms with E-state index in [1.807, 2.05) is 6.08 Å². The van der Waals surface area contributed by atoms with Crippen molar-refractivity contribution in [3.05, 3.63) is 12.2 Å². The maximum atomic E-state index is 12.3. The Labute approximate surface area is 320 Å². The summed E-state index contributed by atoms with van der Waals surface area (Å²) in [5, 5.41) is 22.7. The number of nitrogens with one attached hydrogen (secondary N) is 1. The number of carbonyl (C=O) groups excluding carboxylic acids is 1. The normalized spacial score (nSPS) is 12.9. The Morgan fingerprint density at radius 2 is 0.725 bits per heavy atom. The molecule has 0 aliphatic heterocycles. The summed E-state index contributed by atoms with van der Waals surface area (Å²) in [4.78, 5) is 12.3. The topological polar surface area (TPSA) is 69.6 Å². The highest BCUT2D eigenvalue weighted by atomic mass is 16.3. The van der Waals surface area contributed by atoms with Gasteiger partial charge in [-0.05, 0) is 19.3 Å². The number of hydrogen-bond acceptors (Lipinski definition) is 3. The quantitative estimate of drug-likeness (QED) is 0.0434. The summed E-state index contributed by atoms with van der Waals surface area (Å²) in [5.74, 6) is -0.0646. The van der Waals surface area contributed by atoms with E-state index in [1.165, 1.54) is 218 Å². The highest BCUT2D eigenvalue weighted by Gasteiger charge is 2.17. The van der Waals surface area contributed by atoms with Gasteiger partial charge in [-0.15, -0.1) is 0 Å². The first-order valence-corrected chi connectivity index (χ1v) is 23.4. The van der Waals surface area contributed by atoms with Crippen LogP contribution in [0, 0.1) is 0 Å². The van der Waals surface area contributed by atoms with Crippen LogP contribution in [-0.4, -0.2) is 34.9 Å². The highest BCUT2D eigenvalue weighted by molar-refractivity contribution is 5.76. The van der Waals surface area contributed by atoms with Crippen molar-refractivity contribution in [2.45, 2.75) is 276 Å². The Morgan fingerprint density at radius 3 is 1.02 bits per heavy atom. The van der Waals surface area contributed by atoms with Crippen LogP contribution in [0.2, 0.25) is 0 Å². The van der Waals surface area contributed by atoms with Gasteiger partial charge in [0.2, 0.25) is 5.91 Å². The number of unbranched alkanes of at least 4 members (excludes halogenated alkanes) is 36. The van der Waals surface area contributed by atoms with Crippen molar-refractivity contribution in [3.8, 4) is 0 Å². The van der Waals surface area contributed by atoms with E-state index >= 15 is 0 Å². The number of aliphatic hydroxyl groups is 2. The lowest BCUT2D eigenvalue weighted by Gasteiger charge is -2.20. The Bertz CT molecular complexity index is 695. The van der Waals surface area contributed by atoms with E-state index in [9.17, 15) is 15.0 Å². The Balaban J connectivity index is 3.30. The summed E-state index contributed by atoms with van der Waals surface area (Å²) in [7, 11) is 0. The van der Waals surface area contributed by atoms with E-state index in [0.717, 1.165) is 25.7 Å². The summed E-state index contributed by atoms with van der Waals surface area (Å²) < 4.78 is 0. The van der Waals surface area contributed by atoms with Crippen LogP contribution in [0.5, 0.6) is 0 Å². The van der Waals surface area contributed by atoms with Gasteiger partial charge < -0.3 is 15.5 Å². The number of hydrogen-bond donors (Lipinski definition) is 3. The largest absolute Gasteiger partial charge is 0.394 e. The SMILES string of the molecule is CCCCCC/C=C/C(O)C(CO)NC(=O)CCCCCCCCCCCCCCCCCCCCCCCCCCCCCCCCCCC. The van der Waals surface area contributed by atoms with Gasteiger partial charge >= 0.3 is 0 Å². The maximum Gasteiger partial charge on any atom is 0.220 e. The minimum atomic E-state index is -0.830. The van der Waals surface area contributed by atoms with E-state index in [1.54, 1.807) is 6.08 Å². The zero-order chi connectivity index (χ0) is 37.1. The molecule has 51 heavy (non-hydrogen) atoms. The summed E-state index contributed by atoms with van der Waals surface area (Å²) >= 11 is 0. The molecular weight excluding hydrogens is 627 g/mol. The zero-order valence-corrected chi connectivity index (χ0v) is 34.9. The number of aliphatic hydroxyl groups excluding tert-OH is 2. The maximum absolute atomic E-state index is 12.3. The molecule has 0 aliphatic rings. The molecule has 0 rings (SSSR count). The molecule has 0 spiro atoms. The van der Waals surface area contributed by atoms with Gasteiger partial charge in [-0.25, -0.2) is 0 Å². The second kappa shape index (κ2) is 43.5. The molecule has 0 fully saturated rings. The van der Waals surface area contributed by atoms with Crippen LogP contribution in [0.15, 0.2) is 12.2 Å². The predicted octanol–water partition coefficient (Wildman–Crippen LogP) is 14.6. The van der Waals surface area contributed by atoms with Crippen molar-refractivity contribution in [1.29, 1.82) is 0 Å². The van der Waals surface area contributed by atoms with Crippen LogP contribution in [0.3, 0.4) is 0 Å². The molecule has 0 heterocycles. The summed E-state index contributed by atoms with van der Waals surface area (Å²) in [6.45, 7) is 4.25. The molecule has 0 aliphatic carbocycles. The van der Waals surface area contributed by atoms with Crippen molar-refractivity contribution < 1.29 is 15.0 Å². The minimum absolute atomic E-state index is 0.0646. The van der Waals surface area contributed by atoms with E-state index in [4.69, 9.17) is 0 Å². The van der Waals surface area contributed by atoms with Gasteiger partial charge in [-0.1, -0.05) is 251 Å². The molecule has 3 N–H and O–H groups in total. The molecular formula is C47H93NO3. The van der Waals surface area contributed by atoms with Crippen molar-refractivity contribution in [3.63, 3.8) is 0 Å². The minimum Gasteiger partial charge on any atom is -0.394 e. The fourth-order valence-corrected chi connectivity index (χ4v) is 7.42. The standard InChI is InChI=1S/C47H93NO3/c1-3-5-7-9-11-12-13-14-15-16-17-18-19-20-21-22-23-24-25-26-27-28-29-30-31-32-33-34-35-36-37-39-41-43-47(51)48-45(44-49)46(50)42-40-38-10-8-6-4-2/h40,42,45-46,49-50H,3-39,41,43-44H2,1-2H3,(H,48,51)/b42-40+. The molecule has 1 amide bonds. The van der Waals surface area contributed by atoms with Gasteiger partial charge in [0.1, 0.15) is 0 Å². The Kier molecular flexibility index (Phi) is 42.8. The third-order valence-electron chi connectivity index (χ3n) is 11.0. The van der Waals surface area contributed by atoms with Gasteiger partial charge in [-0.2, -0.15) is 0 Å². The second-order valence-electron chi connectivity index (χ2n) is 16.2. The lowest BCUT2D eigenvalue weighted by Crippen LogP contribution is -2.45. The first-order valence-electron chi connectivity index (χ1n) is 23.4. The summed E-state index contributed by atoms with van der Waals surface area (Å²) in [5.41, 5.74) is 0. The summed E-state index contributed by atoms with van der Waals surface area (Å²) in [6, 6.07) is -0.613. The lowest BCUT2D eigenvalue weighted by molar-refractivity contribution is -0.123. The molecule has 2 unspecified atom stereocenters. The molecule has 304 valence electrons. The third-order valence-corrected chi connectivity index (χ3v) is 11.0. The van der Waals surface area contributed by atoms with Crippen LogP contribution >= 0.6 is 0 Å². The van der Waals surface area contributed by atoms with Crippen LogP contribution in [0.1, 0.15) is 264 Å². The molecule has 4 heteroatoms. The molecule has 4 nitrogen and oxygen atoms in total. The number of rotatable bonds is 43. The lowest BCUT2D eigenvalue weighted by atomic mass is 10.0. The summed E-state index contributed by atoms with van der Waals surface area (Å²) in [6.07, 6.45) is 55.3. The van der Waals surface area contributed by atoms with Crippen molar-refractivity contribution >= 4 is 5.91 Å². The first-order chi connectivity index (χ1) is 25.2. The molecule has 0 radical (unpaired) electrons. The van der Waals surface area contributed by atoms with Crippen molar-refractivity contribution in [1.82, 2.24) is 5.32 Å². The molecule has 0 saturated heterocycles. The highest BCUT2D eigenvalue weighted by Crippen LogP contribution is 2.17. The van der Waals surface area contributed by atoms with Gasteiger partial charge in [0.05, 0.1) is 18.8 Å². The third kappa shape index (κ3) is 40.2. The monoisotopic (exact) mass is 720 g/mol. The van der Waals surface area contributed by atoms with Gasteiger partial charge in [0.15, 0.2) is 0 Å². The Morgan fingerprint density at radius 1 is 0.451 bits per heavy atom. The number of carbonyl (C=O) groups is 1. The number of amides is 1. The van der Waals surface area contributed by atoms with Crippen LogP contribution in [0.25, 0.3) is 0 Å². The average molecular weight is 720 g/mol.